The van der Waals surface area contributed by atoms with Crippen molar-refractivity contribution in [2.75, 3.05) is 13.2 Å². The maximum absolute atomic E-state index is 11.6. The van der Waals surface area contributed by atoms with Crippen LogP contribution in [-0.4, -0.2) is 29.1 Å². The van der Waals surface area contributed by atoms with Gasteiger partial charge in [-0.25, -0.2) is 0 Å². The molecule has 2 rings (SSSR count). The molecule has 0 bridgehead atoms. The average Bonchev–Trinajstić information content (AvgIpc) is 3.00. The van der Waals surface area contributed by atoms with Crippen molar-refractivity contribution in [1.82, 2.24) is 5.32 Å². The lowest BCUT2D eigenvalue weighted by Gasteiger charge is -2.03. The van der Waals surface area contributed by atoms with E-state index >= 15 is 0 Å². The highest BCUT2D eigenvalue weighted by Crippen LogP contribution is 2.19. The van der Waals surface area contributed by atoms with E-state index in [9.17, 15) is 14.9 Å². The summed E-state index contributed by atoms with van der Waals surface area (Å²) in [6.45, 7) is 0.0851. The molecule has 0 aliphatic carbocycles. The Hall–Kier alpha value is -2.87. The van der Waals surface area contributed by atoms with Gasteiger partial charge in [-0.3, -0.25) is 14.9 Å². The number of rotatable bonds is 7. The number of furan rings is 1. The van der Waals surface area contributed by atoms with E-state index in [-0.39, 0.29) is 31.2 Å². The van der Waals surface area contributed by atoms with Crippen LogP contribution in [0.15, 0.2) is 40.8 Å². The van der Waals surface area contributed by atoms with Gasteiger partial charge in [0.25, 0.3) is 11.6 Å². The monoisotopic (exact) mass is 306 g/mol. The first-order valence-corrected chi connectivity index (χ1v) is 6.45. The lowest BCUT2D eigenvalue weighted by Crippen LogP contribution is -2.25. The van der Waals surface area contributed by atoms with Crippen LogP contribution >= 0.6 is 0 Å². The van der Waals surface area contributed by atoms with E-state index in [1.165, 1.54) is 30.3 Å². The maximum Gasteiger partial charge on any atom is 0.287 e. The van der Waals surface area contributed by atoms with Gasteiger partial charge in [-0.15, -0.1) is 0 Å². The van der Waals surface area contributed by atoms with Crippen LogP contribution in [-0.2, 0) is 6.61 Å². The van der Waals surface area contributed by atoms with E-state index in [2.05, 4.69) is 5.32 Å². The summed E-state index contributed by atoms with van der Waals surface area (Å²) in [5.74, 6) is 0.590. The van der Waals surface area contributed by atoms with Crippen molar-refractivity contribution in [1.29, 1.82) is 0 Å². The number of amides is 1. The SMILES string of the molecule is O=C(NCCO)c1ccc(COc2ccc([N+](=O)[O-])cc2)o1. The summed E-state index contributed by atoms with van der Waals surface area (Å²) in [7, 11) is 0. The van der Waals surface area contributed by atoms with E-state index in [0.29, 0.717) is 11.5 Å². The Bertz CT molecular complexity index is 650. The van der Waals surface area contributed by atoms with Gasteiger partial charge < -0.3 is 19.6 Å². The molecule has 1 aromatic carbocycles. The molecule has 1 aromatic heterocycles. The summed E-state index contributed by atoms with van der Waals surface area (Å²) in [6.07, 6.45) is 0. The number of nitro groups is 1. The van der Waals surface area contributed by atoms with E-state index in [1.54, 1.807) is 6.07 Å². The van der Waals surface area contributed by atoms with Gasteiger partial charge in [-0.05, 0) is 24.3 Å². The normalized spacial score (nSPS) is 10.2. The van der Waals surface area contributed by atoms with Crippen molar-refractivity contribution in [2.24, 2.45) is 0 Å². The predicted molar refractivity (Wildman–Crippen MR) is 75.6 cm³/mol. The van der Waals surface area contributed by atoms with Crippen molar-refractivity contribution >= 4 is 11.6 Å². The Labute approximate surface area is 125 Å². The molecule has 2 aromatic rings. The summed E-state index contributed by atoms with van der Waals surface area (Å²) in [4.78, 5) is 21.6. The molecule has 0 fully saturated rings. The van der Waals surface area contributed by atoms with Crippen molar-refractivity contribution in [3.8, 4) is 5.75 Å². The minimum atomic E-state index is -0.492. The molecule has 1 heterocycles. The molecule has 8 nitrogen and oxygen atoms in total. The topological polar surface area (TPSA) is 115 Å². The molecule has 0 saturated carbocycles. The predicted octanol–water partition coefficient (Wildman–Crippen LogP) is 1.49. The fourth-order valence-corrected chi connectivity index (χ4v) is 1.65. The second kappa shape index (κ2) is 7.23. The number of hydrogen-bond donors (Lipinski definition) is 2. The average molecular weight is 306 g/mol. The zero-order chi connectivity index (χ0) is 15.9. The second-order valence-electron chi connectivity index (χ2n) is 4.29. The molecule has 1 amide bonds. The van der Waals surface area contributed by atoms with Gasteiger partial charge >= 0.3 is 0 Å². The number of nitrogens with zero attached hydrogens (tertiary/aromatic N) is 1. The van der Waals surface area contributed by atoms with Crippen LogP contribution in [0, 0.1) is 10.1 Å². The third kappa shape index (κ3) is 4.06. The number of nitro benzene ring substituents is 1. The fraction of sp³-hybridized carbons (Fsp3) is 0.214. The largest absolute Gasteiger partial charge is 0.486 e. The van der Waals surface area contributed by atoms with Gasteiger partial charge in [0.2, 0.25) is 0 Å². The number of aliphatic hydroxyl groups is 1. The smallest absolute Gasteiger partial charge is 0.287 e. The van der Waals surface area contributed by atoms with E-state index in [4.69, 9.17) is 14.3 Å². The first kappa shape index (κ1) is 15.5. The van der Waals surface area contributed by atoms with Crippen LogP contribution in [0.3, 0.4) is 0 Å². The number of benzene rings is 1. The summed E-state index contributed by atoms with van der Waals surface area (Å²) in [5.41, 5.74) is -0.0202. The number of ether oxygens (including phenoxy) is 1. The highest BCUT2D eigenvalue weighted by molar-refractivity contribution is 5.91. The summed E-state index contributed by atoms with van der Waals surface area (Å²) in [5, 5.41) is 21.6. The molecule has 22 heavy (non-hydrogen) atoms. The third-order valence-corrected chi connectivity index (χ3v) is 2.71. The Morgan fingerprint density at radius 1 is 1.27 bits per heavy atom. The van der Waals surface area contributed by atoms with Crippen LogP contribution < -0.4 is 10.1 Å². The van der Waals surface area contributed by atoms with Gasteiger partial charge in [-0.2, -0.15) is 0 Å². The van der Waals surface area contributed by atoms with E-state index in [1.807, 2.05) is 0 Å². The Morgan fingerprint density at radius 2 is 2.00 bits per heavy atom. The summed E-state index contributed by atoms with van der Waals surface area (Å²) >= 11 is 0. The Morgan fingerprint density at radius 3 is 2.64 bits per heavy atom. The first-order chi connectivity index (χ1) is 10.6. The van der Waals surface area contributed by atoms with Gasteiger partial charge in [0.15, 0.2) is 5.76 Å². The van der Waals surface area contributed by atoms with E-state index in [0.717, 1.165) is 0 Å². The molecule has 0 unspecified atom stereocenters. The first-order valence-electron chi connectivity index (χ1n) is 6.45. The summed E-state index contributed by atoms with van der Waals surface area (Å²) in [6, 6.07) is 8.74. The molecule has 8 heteroatoms. The van der Waals surface area contributed by atoms with Crippen molar-refractivity contribution in [3.63, 3.8) is 0 Å². The molecule has 0 saturated heterocycles. The van der Waals surface area contributed by atoms with Crippen molar-refractivity contribution < 1.29 is 24.0 Å². The molecule has 0 radical (unpaired) electrons. The van der Waals surface area contributed by atoms with Gasteiger partial charge in [0, 0.05) is 18.7 Å². The molecule has 0 aliphatic heterocycles. The number of hydrogen-bond acceptors (Lipinski definition) is 6. The number of non-ortho nitro benzene ring substituents is 1. The Kier molecular flexibility index (Phi) is 5.10. The molecular formula is C14H14N2O6. The fourth-order valence-electron chi connectivity index (χ4n) is 1.65. The minimum Gasteiger partial charge on any atom is -0.486 e. The maximum atomic E-state index is 11.6. The molecule has 0 spiro atoms. The highest BCUT2D eigenvalue weighted by atomic mass is 16.6. The number of nitrogens with one attached hydrogen (secondary N) is 1. The highest BCUT2D eigenvalue weighted by Gasteiger charge is 2.11. The van der Waals surface area contributed by atoms with Gasteiger partial charge in [0.05, 0.1) is 11.5 Å². The lowest BCUT2D eigenvalue weighted by molar-refractivity contribution is -0.384. The summed E-state index contributed by atoms with van der Waals surface area (Å²) < 4.78 is 10.7. The van der Waals surface area contributed by atoms with Crippen LogP contribution in [0.1, 0.15) is 16.3 Å². The van der Waals surface area contributed by atoms with Crippen LogP contribution in [0.2, 0.25) is 0 Å². The zero-order valence-corrected chi connectivity index (χ0v) is 11.5. The zero-order valence-electron chi connectivity index (χ0n) is 11.5. The molecule has 116 valence electrons. The molecular weight excluding hydrogens is 292 g/mol. The lowest BCUT2D eigenvalue weighted by atomic mass is 10.3. The molecule has 0 aliphatic rings. The van der Waals surface area contributed by atoms with Crippen molar-refractivity contribution in [3.05, 3.63) is 58.0 Å². The number of carbonyl (C=O) groups is 1. The van der Waals surface area contributed by atoms with Crippen LogP contribution in [0.25, 0.3) is 0 Å². The minimum absolute atomic E-state index is 0.0202. The molecule has 2 N–H and O–H groups in total. The third-order valence-electron chi connectivity index (χ3n) is 2.71. The van der Waals surface area contributed by atoms with Crippen LogP contribution in [0.5, 0.6) is 5.75 Å². The van der Waals surface area contributed by atoms with Gasteiger partial charge in [-0.1, -0.05) is 0 Å². The quantitative estimate of drug-likeness (QED) is 0.591. The standard InChI is InChI=1S/C14H14N2O6/c17-8-7-15-14(18)13-6-5-12(22-13)9-21-11-3-1-10(2-4-11)16(19)20/h1-6,17H,7-9H2,(H,15,18). The number of aliphatic hydroxyl groups excluding tert-OH is 1. The number of carbonyl (C=O) groups excluding carboxylic acids is 1. The van der Waals surface area contributed by atoms with Gasteiger partial charge in [0.1, 0.15) is 18.1 Å². The Balaban J connectivity index is 1.90. The molecule has 0 atom stereocenters. The van der Waals surface area contributed by atoms with E-state index < -0.39 is 10.8 Å². The van der Waals surface area contributed by atoms with Crippen LogP contribution in [0.4, 0.5) is 5.69 Å². The van der Waals surface area contributed by atoms with Crippen molar-refractivity contribution in [2.45, 2.75) is 6.61 Å². The second-order valence-corrected chi connectivity index (χ2v) is 4.29.